The van der Waals surface area contributed by atoms with Gasteiger partial charge in [0.05, 0.1) is 22.5 Å². The normalized spacial score (nSPS) is 15.9. The fraction of sp³-hybridized carbons (Fsp3) is 0.333. The van der Waals surface area contributed by atoms with Gasteiger partial charge in [0.2, 0.25) is 5.91 Å². The Morgan fingerprint density at radius 1 is 1.32 bits per heavy atom. The molecule has 1 aromatic rings. The Hall–Kier alpha value is -1.30. The zero-order chi connectivity index (χ0) is 14.0. The molecule has 1 aliphatic rings. The molecule has 1 aliphatic heterocycles. The van der Waals surface area contributed by atoms with E-state index in [0.717, 1.165) is 0 Å². The summed E-state index contributed by atoms with van der Waals surface area (Å²) in [7, 11) is 0. The van der Waals surface area contributed by atoms with E-state index < -0.39 is 5.97 Å². The van der Waals surface area contributed by atoms with Crippen LogP contribution in [0.1, 0.15) is 0 Å². The van der Waals surface area contributed by atoms with Crippen LogP contribution in [0.15, 0.2) is 18.2 Å². The van der Waals surface area contributed by atoms with Gasteiger partial charge in [0.15, 0.2) is 0 Å². The first-order valence-corrected chi connectivity index (χ1v) is 6.41. The van der Waals surface area contributed by atoms with Crippen molar-refractivity contribution in [3.8, 4) is 0 Å². The van der Waals surface area contributed by atoms with Crippen LogP contribution >= 0.6 is 23.2 Å². The summed E-state index contributed by atoms with van der Waals surface area (Å²) in [5, 5.41) is 12.2. The molecule has 1 aromatic carbocycles. The number of benzene rings is 1. The highest BCUT2D eigenvalue weighted by Gasteiger charge is 2.33. The maximum absolute atomic E-state index is 11.7. The number of carbonyl (C=O) groups is 2. The summed E-state index contributed by atoms with van der Waals surface area (Å²) in [6, 6.07) is 4.82. The minimum Gasteiger partial charge on any atom is -0.481 e. The van der Waals surface area contributed by atoms with E-state index in [1.165, 1.54) is 0 Å². The highest BCUT2D eigenvalue weighted by molar-refractivity contribution is 6.42. The Kier molecular flexibility index (Phi) is 4.29. The van der Waals surface area contributed by atoms with Crippen LogP contribution in [0.3, 0.4) is 0 Å². The number of aliphatic carboxylic acids is 1. The van der Waals surface area contributed by atoms with Gasteiger partial charge in [-0.2, -0.15) is 0 Å². The monoisotopic (exact) mass is 302 g/mol. The van der Waals surface area contributed by atoms with Crippen LogP contribution in [-0.4, -0.2) is 41.5 Å². The van der Waals surface area contributed by atoms with Crippen molar-refractivity contribution in [2.45, 2.75) is 0 Å². The van der Waals surface area contributed by atoms with Gasteiger partial charge in [-0.05, 0) is 18.2 Å². The van der Waals surface area contributed by atoms with Crippen molar-refractivity contribution < 1.29 is 14.7 Å². The smallest absolute Gasteiger partial charge is 0.309 e. The fourth-order valence-electron chi connectivity index (χ4n) is 1.83. The number of carboxylic acids is 1. The second-order valence-electron chi connectivity index (χ2n) is 4.41. The van der Waals surface area contributed by atoms with Crippen LogP contribution in [0.2, 0.25) is 10.0 Å². The summed E-state index contributed by atoms with van der Waals surface area (Å²) < 4.78 is 0. The Morgan fingerprint density at radius 3 is 2.58 bits per heavy atom. The first-order valence-electron chi connectivity index (χ1n) is 5.66. The molecule has 5 nitrogen and oxygen atoms in total. The summed E-state index contributed by atoms with van der Waals surface area (Å²) in [5.41, 5.74) is 0.565. The maximum atomic E-state index is 11.7. The standard InChI is InChI=1S/C12H12Cl2N2O3/c13-9-2-1-8(3-10(9)14)15-11(17)6-16-4-7(5-16)12(18)19/h1-3,7H,4-6H2,(H,15,17)(H,18,19). The number of amides is 1. The first-order chi connectivity index (χ1) is 8.95. The average Bonchev–Trinajstić information content (AvgIpc) is 2.27. The molecule has 19 heavy (non-hydrogen) atoms. The molecule has 1 saturated heterocycles. The predicted molar refractivity (Wildman–Crippen MR) is 72.7 cm³/mol. The summed E-state index contributed by atoms with van der Waals surface area (Å²) in [4.78, 5) is 24.1. The number of rotatable bonds is 4. The number of nitrogens with zero attached hydrogens (tertiary/aromatic N) is 1. The van der Waals surface area contributed by atoms with Crippen LogP contribution in [-0.2, 0) is 9.59 Å². The van der Waals surface area contributed by atoms with Crippen LogP contribution in [0, 0.1) is 5.92 Å². The van der Waals surface area contributed by atoms with Crippen molar-refractivity contribution in [3.63, 3.8) is 0 Å². The molecule has 102 valence electrons. The van der Waals surface area contributed by atoms with Crippen molar-refractivity contribution in [1.29, 1.82) is 0 Å². The topological polar surface area (TPSA) is 69.6 Å². The number of nitrogens with one attached hydrogen (secondary N) is 1. The summed E-state index contributed by atoms with van der Waals surface area (Å²) in [6.07, 6.45) is 0. The van der Waals surface area contributed by atoms with Gasteiger partial charge < -0.3 is 10.4 Å². The fourth-order valence-corrected chi connectivity index (χ4v) is 2.13. The second kappa shape index (κ2) is 5.77. The van der Waals surface area contributed by atoms with Crippen molar-refractivity contribution >= 4 is 40.8 Å². The molecular formula is C12H12Cl2N2O3. The largest absolute Gasteiger partial charge is 0.481 e. The molecule has 7 heteroatoms. The minimum atomic E-state index is -0.818. The molecule has 0 atom stereocenters. The third kappa shape index (κ3) is 3.59. The zero-order valence-electron chi connectivity index (χ0n) is 9.90. The predicted octanol–water partition coefficient (Wildman–Crippen LogP) is 1.95. The summed E-state index contributed by atoms with van der Waals surface area (Å²) >= 11 is 11.6. The van der Waals surface area contributed by atoms with Crippen LogP contribution < -0.4 is 5.32 Å². The minimum absolute atomic E-state index is 0.171. The Balaban J connectivity index is 1.82. The number of likely N-dealkylation sites (tertiary alicyclic amines) is 1. The van der Waals surface area contributed by atoms with Gasteiger partial charge >= 0.3 is 5.97 Å². The summed E-state index contributed by atoms with van der Waals surface area (Å²) in [6.45, 7) is 0.984. The number of hydrogen-bond acceptors (Lipinski definition) is 3. The lowest BCUT2D eigenvalue weighted by molar-refractivity contribution is -0.148. The van der Waals surface area contributed by atoms with E-state index in [9.17, 15) is 9.59 Å². The number of hydrogen-bond donors (Lipinski definition) is 2. The number of carboxylic acid groups (broad SMARTS) is 1. The molecule has 0 saturated carbocycles. The SMILES string of the molecule is O=C(CN1CC(C(=O)O)C1)Nc1ccc(Cl)c(Cl)c1. The van der Waals surface area contributed by atoms with E-state index >= 15 is 0 Å². The molecular weight excluding hydrogens is 291 g/mol. The Labute approximate surface area is 120 Å². The number of anilines is 1. The van der Waals surface area contributed by atoms with Gasteiger partial charge in [-0.1, -0.05) is 23.2 Å². The van der Waals surface area contributed by atoms with E-state index in [1.807, 2.05) is 0 Å². The van der Waals surface area contributed by atoms with Gasteiger partial charge in [0.1, 0.15) is 0 Å². The van der Waals surface area contributed by atoms with Crippen molar-refractivity contribution in [2.24, 2.45) is 5.92 Å². The van der Waals surface area contributed by atoms with Crippen molar-refractivity contribution in [3.05, 3.63) is 28.2 Å². The van der Waals surface area contributed by atoms with Crippen LogP contribution in [0.5, 0.6) is 0 Å². The molecule has 1 fully saturated rings. The molecule has 0 radical (unpaired) electrons. The quantitative estimate of drug-likeness (QED) is 0.892. The number of halogens is 2. The van der Waals surface area contributed by atoms with E-state index in [-0.39, 0.29) is 18.4 Å². The van der Waals surface area contributed by atoms with E-state index in [0.29, 0.717) is 28.8 Å². The van der Waals surface area contributed by atoms with Gasteiger partial charge in [-0.3, -0.25) is 14.5 Å². The molecule has 0 bridgehead atoms. The molecule has 0 aliphatic carbocycles. The lowest BCUT2D eigenvalue weighted by Crippen LogP contribution is -2.52. The average molecular weight is 303 g/mol. The third-order valence-corrected chi connectivity index (χ3v) is 3.62. The van der Waals surface area contributed by atoms with Crippen LogP contribution in [0.4, 0.5) is 5.69 Å². The maximum Gasteiger partial charge on any atom is 0.309 e. The van der Waals surface area contributed by atoms with Gasteiger partial charge in [-0.25, -0.2) is 0 Å². The first kappa shape index (κ1) is 14.1. The van der Waals surface area contributed by atoms with Gasteiger partial charge in [-0.15, -0.1) is 0 Å². The highest BCUT2D eigenvalue weighted by atomic mass is 35.5. The molecule has 1 amide bonds. The third-order valence-electron chi connectivity index (χ3n) is 2.88. The highest BCUT2D eigenvalue weighted by Crippen LogP contribution is 2.25. The molecule has 2 rings (SSSR count). The Bertz CT molecular complexity index is 516. The van der Waals surface area contributed by atoms with Crippen molar-refractivity contribution in [2.75, 3.05) is 25.0 Å². The summed E-state index contributed by atoms with van der Waals surface area (Å²) in [5.74, 6) is -1.39. The van der Waals surface area contributed by atoms with E-state index in [1.54, 1.807) is 23.1 Å². The second-order valence-corrected chi connectivity index (χ2v) is 5.22. The molecule has 1 heterocycles. The molecule has 2 N–H and O–H groups in total. The van der Waals surface area contributed by atoms with Crippen LogP contribution in [0.25, 0.3) is 0 Å². The zero-order valence-corrected chi connectivity index (χ0v) is 11.4. The molecule has 0 spiro atoms. The van der Waals surface area contributed by atoms with Crippen molar-refractivity contribution in [1.82, 2.24) is 4.90 Å². The lowest BCUT2D eigenvalue weighted by Gasteiger charge is -2.35. The lowest BCUT2D eigenvalue weighted by atomic mass is 10.0. The van der Waals surface area contributed by atoms with E-state index in [4.69, 9.17) is 28.3 Å². The van der Waals surface area contributed by atoms with E-state index in [2.05, 4.69) is 5.32 Å². The van der Waals surface area contributed by atoms with Gasteiger partial charge in [0.25, 0.3) is 0 Å². The Morgan fingerprint density at radius 2 is 2.00 bits per heavy atom. The molecule has 0 aromatic heterocycles. The van der Waals surface area contributed by atoms with Gasteiger partial charge in [0, 0.05) is 18.8 Å². The molecule has 0 unspecified atom stereocenters. The number of carbonyl (C=O) groups excluding carboxylic acids is 1.